The Morgan fingerprint density at radius 1 is 1.03 bits per heavy atom. The van der Waals surface area contributed by atoms with Crippen LogP contribution in [0.1, 0.15) is 12.8 Å². The van der Waals surface area contributed by atoms with Crippen LogP contribution in [-0.2, 0) is 4.79 Å². The monoisotopic (exact) mass is 480 g/mol. The van der Waals surface area contributed by atoms with Crippen LogP contribution in [0.4, 0.5) is 5.69 Å². The van der Waals surface area contributed by atoms with Gasteiger partial charge in [-0.05, 0) is 39.0 Å². The highest BCUT2D eigenvalue weighted by atomic mass is 35.5. The third-order valence-electron chi connectivity index (χ3n) is 5.78. The van der Waals surface area contributed by atoms with E-state index in [4.69, 9.17) is 0 Å². The van der Waals surface area contributed by atoms with E-state index in [9.17, 15) is 4.79 Å². The van der Waals surface area contributed by atoms with Gasteiger partial charge in [-0.15, -0.1) is 48.6 Å². The molecule has 1 aromatic carbocycles. The van der Waals surface area contributed by atoms with Crippen LogP contribution in [0.3, 0.4) is 0 Å². The maximum Gasteiger partial charge on any atom is 0.241 e. The van der Waals surface area contributed by atoms with E-state index in [1.807, 2.05) is 11.0 Å². The Morgan fingerprint density at radius 3 is 2.38 bits per heavy atom. The molecule has 1 N–H and O–H groups in total. The molecule has 5 nitrogen and oxygen atoms in total. The zero-order valence-electron chi connectivity index (χ0n) is 16.7. The van der Waals surface area contributed by atoms with E-state index in [-0.39, 0.29) is 43.1 Å². The van der Waals surface area contributed by atoms with Crippen LogP contribution in [0.25, 0.3) is 10.1 Å². The Kier molecular flexibility index (Phi) is 11.0. The van der Waals surface area contributed by atoms with E-state index >= 15 is 0 Å². The van der Waals surface area contributed by atoms with Crippen molar-refractivity contribution in [2.75, 3.05) is 58.2 Å². The second-order valence-electron chi connectivity index (χ2n) is 7.45. The van der Waals surface area contributed by atoms with Gasteiger partial charge in [0.1, 0.15) is 0 Å². The molecule has 0 spiro atoms. The predicted octanol–water partition coefficient (Wildman–Crippen LogP) is 3.82. The molecule has 0 unspecified atom stereocenters. The van der Waals surface area contributed by atoms with Crippen molar-refractivity contribution in [3.8, 4) is 0 Å². The number of piperazine rings is 1. The zero-order valence-corrected chi connectivity index (χ0v) is 20.0. The minimum absolute atomic E-state index is 0. The van der Waals surface area contributed by atoms with Crippen molar-refractivity contribution in [2.24, 2.45) is 0 Å². The minimum atomic E-state index is 0. The summed E-state index contributed by atoms with van der Waals surface area (Å²) in [4.78, 5) is 19.6. The van der Waals surface area contributed by atoms with Crippen LogP contribution in [0.15, 0.2) is 29.6 Å². The molecule has 29 heavy (non-hydrogen) atoms. The van der Waals surface area contributed by atoms with E-state index in [2.05, 4.69) is 45.7 Å². The van der Waals surface area contributed by atoms with Crippen molar-refractivity contribution < 1.29 is 4.79 Å². The third kappa shape index (κ3) is 6.36. The van der Waals surface area contributed by atoms with Crippen molar-refractivity contribution in [1.82, 2.24) is 14.7 Å². The topological polar surface area (TPSA) is 38.8 Å². The fourth-order valence-electron chi connectivity index (χ4n) is 4.09. The van der Waals surface area contributed by atoms with Crippen LogP contribution in [0.5, 0.6) is 0 Å². The zero-order chi connectivity index (χ0) is 17.9. The van der Waals surface area contributed by atoms with Gasteiger partial charge in [-0.1, -0.05) is 18.2 Å². The maximum atomic E-state index is 12.6. The number of anilines is 1. The molecule has 3 heterocycles. The molecule has 4 rings (SSSR count). The lowest BCUT2D eigenvalue weighted by Crippen LogP contribution is -2.54. The van der Waals surface area contributed by atoms with Gasteiger partial charge in [-0.3, -0.25) is 9.69 Å². The second-order valence-corrected chi connectivity index (χ2v) is 8.36. The van der Waals surface area contributed by atoms with Crippen molar-refractivity contribution in [3.63, 3.8) is 0 Å². The highest BCUT2D eigenvalue weighted by Crippen LogP contribution is 2.29. The number of benzene rings is 1. The molecule has 0 atom stereocenters. The van der Waals surface area contributed by atoms with Crippen LogP contribution in [0, 0.1) is 0 Å². The Bertz CT molecular complexity index is 759. The number of fused-ring (bicyclic) bond motifs is 1. The van der Waals surface area contributed by atoms with E-state index in [0.29, 0.717) is 12.6 Å². The van der Waals surface area contributed by atoms with Gasteiger partial charge in [-0.25, -0.2) is 0 Å². The van der Waals surface area contributed by atoms with Gasteiger partial charge in [0, 0.05) is 47.7 Å². The quantitative estimate of drug-likeness (QED) is 0.720. The summed E-state index contributed by atoms with van der Waals surface area (Å²) in [5, 5.41) is 6.66. The summed E-state index contributed by atoms with van der Waals surface area (Å²) in [6.45, 7) is 6.52. The van der Waals surface area contributed by atoms with Crippen molar-refractivity contribution in [3.05, 3.63) is 29.6 Å². The first-order valence-electron chi connectivity index (χ1n) is 9.61. The molecule has 1 aromatic heterocycles. The van der Waals surface area contributed by atoms with Crippen molar-refractivity contribution in [1.29, 1.82) is 0 Å². The number of halogens is 3. The summed E-state index contributed by atoms with van der Waals surface area (Å²) in [6, 6.07) is 9.04. The number of hydrogen-bond acceptors (Lipinski definition) is 5. The molecular formula is C20H31Cl3N4OS. The molecular weight excluding hydrogens is 451 g/mol. The predicted molar refractivity (Wildman–Crippen MR) is 131 cm³/mol. The first kappa shape index (κ1) is 26.3. The number of hydrogen-bond donors (Lipinski definition) is 1. The number of rotatable bonds is 4. The van der Waals surface area contributed by atoms with Gasteiger partial charge in [-0.2, -0.15) is 0 Å². The number of amides is 1. The summed E-state index contributed by atoms with van der Waals surface area (Å²) in [5.41, 5.74) is 1.07. The number of thiophene rings is 1. The standard InChI is InChI=1S/C20H28N4OS.3ClH/c1-22-8-6-16(7-9-22)23-10-12-24(13-11-23)20(25)14-21-18-15-26-19-5-3-2-4-17(18)19;;;/h2-5,15-16,21H,6-14H2,1H3;3*1H. The molecule has 0 radical (unpaired) electrons. The Morgan fingerprint density at radius 2 is 1.69 bits per heavy atom. The lowest BCUT2D eigenvalue weighted by Gasteiger charge is -2.42. The molecule has 0 saturated carbocycles. The molecule has 0 bridgehead atoms. The molecule has 2 saturated heterocycles. The van der Waals surface area contributed by atoms with Gasteiger partial charge >= 0.3 is 0 Å². The van der Waals surface area contributed by atoms with Gasteiger partial charge in [0.25, 0.3) is 0 Å². The lowest BCUT2D eigenvalue weighted by atomic mass is 10.0. The Hall–Kier alpha value is -0.760. The summed E-state index contributed by atoms with van der Waals surface area (Å²) < 4.78 is 1.26. The smallest absolute Gasteiger partial charge is 0.241 e. The second kappa shape index (κ2) is 12.2. The Labute approximate surface area is 196 Å². The van der Waals surface area contributed by atoms with E-state index < -0.39 is 0 Å². The minimum Gasteiger partial charge on any atom is -0.375 e. The van der Waals surface area contributed by atoms with Crippen molar-refractivity contribution >= 4 is 70.2 Å². The number of likely N-dealkylation sites (tertiary alicyclic amines) is 1. The van der Waals surface area contributed by atoms with Crippen LogP contribution in [-0.4, -0.2) is 79.5 Å². The first-order valence-corrected chi connectivity index (χ1v) is 10.5. The van der Waals surface area contributed by atoms with Gasteiger partial charge in [0.05, 0.1) is 12.2 Å². The van der Waals surface area contributed by atoms with E-state index in [0.717, 1.165) is 31.9 Å². The molecule has 2 aliphatic heterocycles. The molecule has 164 valence electrons. The molecule has 2 aromatic rings. The maximum absolute atomic E-state index is 12.6. The summed E-state index contributed by atoms with van der Waals surface area (Å²) in [5.74, 6) is 0.211. The third-order valence-corrected chi connectivity index (χ3v) is 6.75. The number of piperidine rings is 1. The van der Waals surface area contributed by atoms with Crippen LogP contribution < -0.4 is 5.32 Å². The van der Waals surface area contributed by atoms with Gasteiger partial charge in [0.15, 0.2) is 0 Å². The van der Waals surface area contributed by atoms with Gasteiger partial charge in [0.2, 0.25) is 5.91 Å². The average molecular weight is 482 g/mol. The number of carbonyl (C=O) groups is 1. The largest absolute Gasteiger partial charge is 0.375 e. The van der Waals surface area contributed by atoms with E-state index in [1.165, 1.54) is 36.0 Å². The normalized spacial score (nSPS) is 18.4. The summed E-state index contributed by atoms with van der Waals surface area (Å²) in [6.07, 6.45) is 2.52. The highest BCUT2D eigenvalue weighted by Gasteiger charge is 2.27. The summed E-state index contributed by atoms with van der Waals surface area (Å²) in [7, 11) is 2.20. The Balaban J connectivity index is 0.00000140. The number of carbonyl (C=O) groups excluding carboxylic acids is 1. The highest BCUT2D eigenvalue weighted by molar-refractivity contribution is 7.17. The van der Waals surface area contributed by atoms with Crippen molar-refractivity contribution in [2.45, 2.75) is 18.9 Å². The molecule has 2 aliphatic rings. The molecule has 9 heteroatoms. The number of nitrogens with zero attached hydrogens (tertiary/aromatic N) is 3. The summed E-state index contributed by atoms with van der Waals surface area (Å²) >= 11 is 1.72. The molecule has 0 aliphatic carbocycles. The van der Waals surface area contributed by atoms with E-state index in [1.54, 1.807) is 11.3 Å². The van der Waals surface area contributed by atoms with Crippen LogP contribution >= 0.6 is 48.6 Å². The first-order chi connectivity index (χ1) is 12.7. The SMILES string of the molecule is CN1CCC(N2CCN(C(=O)CNc3csc4ccccc34)CC2)CC1.Cl.Cl.Cl. The fourth-order valence-corrected chi connectivity index (χ4v) is 5.01. The molecule has 2 fully saturated rings. The molecule has 1 amide bonds. The van der Waals surface area contributed by atoms with Gasteiger partial charge < -0.3 is 15.1 Å². The number of nitrogens with one attached hydrogen (secondary N) is 1. The average Bonchev–Trinajstić information content (AvgIpc) is 3.10. The fraction of sp³-hybridized carbons (Fsp3) is 0.550. The van der Waals surface area contributed by atoms with Crippen LogP contribution in [0.2, 0.25) is 0 Å². The lowest BCUT2D eigenvalue weighted by molar-refractivity contribution is -0.131.